The van der Waals surface area contributed by atoms with Crippen molar-refractivity contribution in [1.82, 2.24) is 20.0 Å². The number of aryl methyl sites for hydroxylation is 1. The fourth-order valence-electron chi connectivity index (χ4n) is 3.66. The number of hydrogen-bond acceptors (Lipinski definition) is 5. The zero-order valence-electron chi connectivity index (χ0n) is 13.7. The van der Waals surface area contributed by atoms with E-state index in [1.165, 1.54) is 5.56 Å². The SMILES string of the molecule is Cn1cc([C@H]2CNC[C@@H]2C(=O)N2CCOC(c3ccsc3)C2)cn1. The second kappa shape index (κ2) is 6.66. The van der Waals surface area contributed by atoms with Crippen molar-refractivity contribution in [2.75, 3.05) is 32.8 Å². The van der Waals surface area contributed by atoms with E-state index < -0.39 is 0 Å². The molecule has 6 nitrogen and oxygen atoms in total. The number of carbonyl (C=O) groups excluding carboxylic acids is 1. The third-order valence-corrected chi connectivity index (χ3v) is 5.68. The second-order valence-corrected chi connectivity index (χ2v) is 7.30. The van der Waals surface area contributed by atoms with Gasteiger partial charge in [0.1, 0.15) is 6.10 Å². The summed E-state index contributed by atoms with van der Waals surface area (Å²) in [6.45, 7) is 3.49. The van der Waals surface area contributed by atoms with Gasteiger partial charge in [-0.05, 0) is 28.0 Å². The predicted molar refractivity (Wildman–Crippen MR) is 91.9 cm³/mol. The number of carbonyl (C=O) groups is 1. The number of hydrogen-bond donors (Lipinski definition) is 1. The van der Waals surface area contributed by atoms with Crippen LogP contribution in [0, 0.1) is 5.92 Å². The molecule has 2 aliphatic heterocycles. The number of aromatic nitrogens is 2. The van der Waals surface area contributed by atoms with Gasteiger partial charge in [0.05, 0.1) is 25.3 Å². The van der Waals surface area contributed by atoms with E-state index in [-0.39, 0.29) is 23.8 Å². The summed E-state index contributed by atoms with van der Waals surface area (Å²) in [5, 5.41) is 11.8. The van der Waals surface area contributed by atoms with Gasteiger partial charge in [-0.3, -0.25) is 9.48 Å². The van der Waals surface area contributed by atoms with Crippen molar-refractivity contribution in [3.8, 4) is 0 Å². The molecule has 128 valence electrons. The smallest absolute Gasteiger partial charge is 0.227 e. The van der Waals surface area contributed by atoms with Crippen LogP contribution >= 0.6 is 11.3 Å². The molecule has 2 saturated heterocycles. The summed E-state index contributed by atoms with van der Waals surface area (Å²) in [4.78, 5) is 15.1. The Bertz CT molecular complexity index is 699. The molecule has 1 amide bonds. The summed E-state index contributed by atoms with van der Waals surface area (Å²) < 4.78 is 7.67. The minimum Gasteiger partial charge on any atom is -0.370 e. The van der Waals surface area contributed by atoms with Gasteiger partial charge in [0, 0.05) is 38.8 Å². The summed E-state index contributed by atoms with van der Waals surface area (Å²) in [5.74, 6) is 0.418. The molecule has 1 unspecified atom stereocenters. The van der Waals surface area contributed by atoms with Gasteiger partial charge in [-0.1, -0.05) is 0 Å². The molecule has 7 heteroatoms. The molecule has 0 aliphatic carbocycles. The van der Waals surface area contributed by atoms with E-state index in [0.29, 0.717) is 19.7 Å². The van der Waals surface area contributed by atoms with Gasteiger partial charge in [-0.2, -0.15) is 16.4 Å². The van der Waals surface area contributed by atoms with E-state index in [0.717, 1.165) is 18.7 Å². The van der Waals surface area contributed by atoms with Crippen molar-refractivity contribution in [3.63, 3.8) is 0 Å². The number of morpholine rings is 1. The summed E-state index contributed by atoms with van der Waals surface area (Å²) in [7, 11) is 1.91. The molecular formula is C17H22N4O2S. The van der Waals surface area contributed by atoms with Crippen LogP contribution in [0.15, 0.2) is 29.2 Å². The van der Waals surface area contributed by atoms with Crippen LogP contribution < -0.4 is 5.32 Å². The Balaban J connectivity index is 1.48. The Kier molecular flexibility index (Phi) is 4.39. The average molecular weight is 346 g/mol. The van der Waals surface area contributed by atoms with Gasteiger partial charge < -0.3 is 15.0 Å². The maximum atomic E-state index is 13.1. The van der Waals surface area contributed by atoms with E-state index in [9.17, 15) is 4.79 Å². The minimum absolute atomic E-state index is 0.000143. The third-order valence-electron chi connectivity index (χ3n) is 4.98. The molecule has 2 aliphatic rings. The van der Waals surface area contributed by atoms with E-state index >= 15 is 0 Å². The van der Waals surface area contributed by atoms with Crippen LogP contribution in [0.4, 0.5) is 0 Å². The van der Waals surface area contributed by atoms with Crippen LogP contribution in [0.1, 0.15) is 23.1 Å². The van der Waals surface area contributed by atoms with E-state index in [1.807, 2.05) is 24.3 Å². The van der Waals surface area contributed by atoms with Crippen molar-refractivity contribution < 1.29 is 9.53 Å². The zero-order chi connectivity index (χ0) is 16.5. The van der Waals surface area contributed by atoms with E-state index in [2.05, 4.69) is 27.2 Å². The molecule has 0 bridgehead atoms. The molecule has 2 fully saturated rings. The molecule has 4 rings (SSSR count). The van der Waals surface area contributed by atoms with Crippen LogP contribution in [0.25, 0.3) is 0 Å². The van der Waals surface area contributed by atoms with Crippen LogP contribution in [0.3, 0.4) is 0 Å². The molecule has 2 aromatic heterocycles. The Labute approximate surface area is 145 Å². The fraction of sp³-hybridized carbons (Fsp3) is 0.529. The highest BCUT2D eigenvalue weighted by Gasteiger charge is 2.38. The normalized spacial score (nSPS) is 27.5. The van der Waals surface area contributed by atoms with Crippen molar-refractivity contribution in [2.24, 2.45) is 13.0 Å². The molecule has 4 heterocycles. The largest absolute Gasteiger partial charge is 0.370 e. The molecule has 1 N–H and O–H groups in total. The van der Waals surface area contributed by atoms with E-state index in [4.69, 9.17) is 4.74 Å². The standard InChI is InChI=1S/C17H22N4O2S/c1-20-9-13(6-19-20)14-7-18-8-15(14)17(22)21-3-4-23-16(10-21)12-2-5-24-11-12/h2,5-6,9,11,14-16,18H,3-4,7-8,10H2,1H3/t14-,15+,16?/m1/s1. The lowest BCUT2D eigenvalue weighted by atomic mass is 9.89. The molecular weight excluding hydrogens is 324 g/mol. The highest BCUT2D eigenvalue weighted by Crippen LogP contribution is 2.31. The topological polar surface area (TPSA) is 59.4 Å². The summed E-state index contributed by atoms with van der Waals surface area (Å²) >= 11 is 1.67. The number of thiophene rings is 1. The van der Waals surface area contributed by atoms with Gasteiger partial charge in [0.15, 0.2) is 0 Å². The first-order valence-corrected chi connectivity index (χ1v) is 9.28. The summed E-state index contributed by atoms with van der Waals surface area (Å²) in [5.41, 5.74) is 2.31. The molecule has 3 atom stereocenters. The number of nitrogens with one attached hydrogen (secondary N) is 1. The van der Waals surface area contributed by atoms with Crippen molar-refractivity contribution in [2.45, 2.75) is 12.0 Å². The Hall–Kier alpha value is -1.70. The zero-order valence-corrected chi connectivity index (χ0v) is 14.5. The van der Waals surface area contributed by atoms with Crippen molar-refractivity contribution >= 4 is 17.2 Å². The highest BCUT2D eigenvalue weighted by atomic mass is 32.1. The van der Waals surface area contributed by atoms with Crippen LogP contribution in [0.5, 0.6) is 0 Å². The first-order chi connectivity index (χ1) is 11.7. The molecule has 0 spiro atoms. The summed E-state index contributed by atoms with van der Waals surface area (Å²) in [6, 6.07) is 2.08. The van der Waals surface area contributed by atoms with Gasteiger partial charge >= 0.3 is 0 Å². The van der Waals surface area contributed by atoms with Gasteiger partial charge in [0.2, 0.25) is 5.91 Å². The first kappa shape index (κ1) is 15.8. The number of rotatable bonds is 3. The maximum absolute atomic E-state index is 13.1. The minimum atomic E-state index is -0.0181. The van der Waals surface area contributed by atoms with Crippen LogP contribution in [-0.4, -0.2) is 53.4 Å². The summed E-state index contributed by atoms with van der Waals surface area (Å²) in [6.07, 6.45) is 3.90. The molecule has 2 aromatic rings. The lowest BCUT2D eigenvalue weighted by Crippen LogP contribution is -2.46. The number of amides is 1. The Morgan fingerprint density at radius 3 is 3.08 bits per heavy atom. The highest BCUT2D eigenvalue weighted by molar-refractivity contribution is 7.07. The Morgan fingerprint density at radius 2 is 2.33 bits per heavy atom. The lowest BCUT2D eigenvalue weighted by Gasteiger charge is -2.35. The average Bonchev–Trinajstić information content (AvgIpc) is 3.35. The second-order valence-electron chi connectivity index (χ2n) is 6.52. The monoisotopic (exact) mass is 346 g/mol. The van der Waals surface area contributed by atoms with Gasteiger partial charge in [0.25, 0.3) is 0 Å². The molecule has 0 saturated carbocycles. The quantitative estimate of drug-likeness (QED) is 0.912. The molecule has 0 aromatic carbocycles. The van der Waals surface area contributed by atoms with Gasteiger partial charge in [-0.15, -0.1) is 0 Å². The maximum Gasteiger partial charge on any atom is 0.227 e. The van der Waals surface area contributed by atoms with Gasteiger partial charge in [-0.25, -0.2) is 0 Å². The van der Waals surface area contributed by atoms with Crippen LogP contribution in [0.2, 0.25) is 0 Å². The van der Waals surface area contributed by atoms with Crippen molar-refractivity contribution in [3.05, 3.63) is 40.3 Å². The first-order valence-electron chi connectivity index (χ1n) is 8.34. The Morgan fingerprint density at radius 1 is 1.42 bits per heavy atom. The number of ether oxygens (including phenoxy) is 1. The molecule has 0 radical (unpaired) electrons. The number of nitrogens with zero attached hydrogens (tertiary/aromatic N) is 3. The lowest BCUT2D eigenvalue weighted by molar-refractivity contribution is -0.143. The van der Waals surface area contributed by atoms with Crippen molar-refractivity contribution in [1.29, 1.82) is 0 Å². The van der Waals surface area contributed by atoms with E-state index in [1.54, 1.807) is 16.0 Å². The third kappa shape index (κ3) is 2.99. The van der Waals surface area contributed by atoms with Crippen LogP contribution in [-0.2, 0) is 16.6 Å². The molecule has 24 heavy (non-hydrogen) atoms. The fourth-order valence-corrected chi connectivity index (χ4v) is 4.37. The predicted octanol–water partition coefficient (Wildman–Crippen LogP) is 1.38.